The summed E-state index contributed by atoms with van der Waals surface area (Å²) < 4.78 is 38.5. The molecule has 1 aromatic carbocycles. The zero-order chi connectivity index (χ0) is 14.9. The Labute approximate surface area is 121 Å². The van der Waals surface area contributed by atoms with Gasteiger partial charge in [0.25, 0.3) is 0 Å². The van der Waals surface area contributed by atoms with Crippen molar-refractivity contribution in [2.75, 3.05) is 6.54 Å². The average molecular weight is 322 g/mol. The number of rotatable bonds is 4. The molecule has 5 nitrogen and oxygen atoms in total. The maximum absolute atomic E-state index is 13.0. The van der Waals surface area contributed by atoms with Gasteiger partial charge in [0.15, 0.2) is 0 Å². The smallest absolute Gasteiger partial charge is 0.322 e. The summed E-state index contributed by atoms with van der Waals surface area (Å²) in [7, 11) is -3.77. The van der Waals surface area contributed by atoms with Gasteiger partial charge in [-0.25, -0.2) is 12.8 Å². The van der Waals surface area contributed by atoms with Crippen molar-refractivity contribution < 1.29 is 22.7 Å². The summed E-state index contributed by atoms with van der Waals surface area (Å²) in [4.78, 5) is 11.0. The number of benzene rings is 1. The summed E-state index contributed by atoms with van der Waals surface area (Å²) >= 11 is 5.60. The molecule has 0 radical (unpaired) electrons. The molecule has 0 saturated carbocycles. The summed E-state index contributed by atoms with van der Waals surface area (Å²) in [5.74, 6) is -2.17. The van der Waals surface area contributed by atoms with E-state index < -0.39 is 33.6 Å². The van der Waals surface area contributed by atoms with E-state index in [0.29, 0.717) is 18.4 Å². The molecule has 1 heterocycles. The van der Waals surface area contributed by atoms with Crippen molar-refractivity contribution in [3.8, 4) is 0 Å². The van der Waals surface area contributed by atoms with Crippen molar-refractivity contribution in [3.63, 3.8) is 0 Å². The lowest BCUT2D eigenvalue weighted by Gasteiger charge is -2.21. The number of carbonyl (C=O) groups is 1. The molecule has 1 aliphatic rings. The van der Waals surface area contributed by atoms with Crippen molar-refractivity contribution in [3.05, 3.63) is 34.6 Å². The van der Waals surface area contributed by atoms with Crippen LogP contribution in [0, 0.1) is 5.82 Å². The second kappa shape index (κ2) is 5.67. The molecule has 1 aliphatic heterocycles. The Balaban J connectivity index is 2.22. The maximum Gasteiger partial charge on any atom is 0.322 e. The van der Waals surface area contributed by atoms with Gasteiger partial charge in [-0.05, 0) is 30.5 Å². The van der Waals surface area contributed by atoms with Crippen molar-refractivity contribution in [1.82, 2.24) is 4.31 Å². The summed E-state index contributed by atoms with van der Waals surface area (Å²) in [6.07, 6.45) is 0.819. The van der Waals surface area contributed by atoms with Crippen LogP contribution >= 0.6 is 11.6 Å². The zero-order valence-electron chi connectivity index (χ0n) is 10.4. The molecule has 0 bridgehead atoms. The van der Waals surface area contributed by atoms with Crippen LogP contribution in [0.3, 0.4) is 0 Å². The molecular formula is C12H13ClFNO4S. The third-order valence-electron chi connectivity index (χ3n) is 3.18. The molecule has 0 aliphatic carbocycles. The van der Waals surface area contributed by atoms with Crippen LogP contribution in [-0.2, 0) is 20.6 Å². The highest BCUT2D eigenvalue weighted by molar-refractivity contribution is 7.88. The fraction of sp³-hybridized carbons (Fsp3) is 0.417. The molecule has 1 fully saturated rings. The quantitative estimate of drug-likeness (QED) is 0.918. The third-order valence-corrected chi connectivity index (χ3v) is 5.32. The van der Waals surface area contributed by atoms with Crippen molar-refractivity contribution in [1.29, 1.82) is 0 Å². The molecule has 0 amide bonds. The second-order valence-corrected chi connectivity index (χ2v) is 6.94. The van der Waals surface area contributed by atoms with Gasteiger partial charge in [-0.2, -0.15) is 4.31 Å². The van der Waals surface area contributed by atoms with Gasteiger partial charge >= 0.3 is 5.97 Å². The molecule has 1 saturated heterocycles. The van der Waals surface area contributed by atoms with Gasteiger partial charge in [0, 0.05) is 6.54 Å². The largest absolute Gasteiger partial charge is 0.480 e. The number of hydrogen-bond donors (Lipinski definition) is 1. The molecule has 1 atom stereocenters. The van der Waals surface area contributed by atoms with Crippen LogP contribution in [0.15, 0.2) is 18.2 Å². The van der Waals surface area contributed by atoms with E-state index in [-0.39, 0.29) is 11.6 Å². The first-order chi connectivity index (χ1) is 9.31. The van der Waals surface area contributed by atoms with Gasteiger partial charge in [-0.3, -0.25) is 4.79 Å². The molecule has 110 valence electrons. The minimum atomic E-state index is -3.77. The summed E-state index contributed by atoms with van der Waals surface area (Å²) in [5, 5.41) is 8.86. The average Bonchev–Trinajstić information content (AvgIpc) is 2.83. The Kier molecular flexibility index (Phi) is 4.31. The zero-order valence-corrected chi connectivity index (χ0v) is 12.0. The molecule has 20 heavy (non-hydrogen) atoms. The number of sulfonamides is 1. The fourth-order valence-corrected chi connectivity index (χ4v) is 4.20. The van der Waals surface area contributed by atoms with E-state index in [1.807, 2.05) is 0 Å². The van der Waals surface area contributed by atoms with E-state index in [2.05, 4.69) is 0 Å². The Bertz CT molecular complexity index is 634. The third kappa shape index (κ3) is 3.11. The van der Waals surface area contributed by atoms with Crippen LogP contribution in [0.4, 0.5) is 4.39 Å². The van der Waals surface area contributed by atoms with Crippen LogP contribution in [0.1, 0.15) is 18.4 Å². The number of aliphatic carboxylic acids is 1. The molecule has 1 N–H and O–H groups in total. The minimum absolute atomic E-state index is 0.158. The van der Waals surface area contributed by atoms with E-state index in [1.165, 1.54) is 12.1 Å². The number of nitrogens with zero attached hydrogens (tertiary/aromatic N) is 1. The lowest BCUT2D eigenvalue weighted by atomic mass is 10.2. The van der Waals surface area contributed by atoms with Gasteiger partial charge in [0.05, 0.1) is 10.8 Å². The number of hydrogen-bond acceptors (Lipinski definition) is 3. The number of carboxylic acids is 1. The van der Waals surface area contributed by atoms with Gasteiger partial charge in [-0.1, -0.05) is 17.7 Å². The Morgan fingerprint density at radius 3 is 2.80 bits per heavy atom. The molecule has 0 aromatic heterocycles. The standard InChI is InChI=1S/C12H13ClFNO4S/c13-9-6-8(3-4-10(9)14)7-20(18,19)15-5-1-2-11(15)12(16)17/h3-4,6,11H,1-2,5,7H2,(H,16,17). The van der Waals surface area contributed by atoms with E-state index >= 15 is 0 Å². The van der Waals surface area contributed by atoms with E-state index in [9.17, 15) is 17.6 Å². The van der Waals surface area contributed by atoms with Gasteiger partial charge < -0.3 is 5.11 Å². The molecular weight excluding hydrogens is 309 g/mol. The Morgan fingerprint density at radius 2 is 2.20 bits per heavy atom. The topological polar surface area (TPSA) is 74.7 Å². The van der Waals surface area contributed by atoms with E-state index in [1.54, 1.807) is 0 Å². The molecule has 1 aromatic rings. The van der Waals surface area contributed by atoms with Gasteiger partial charge in [-0.15, -0.1) is 0 Å². The Morgan fingerprint density at radius 1 is 1.50 bits per heavy atom. The normalized spacial score (nSPS) is 20.2. The highest BCUT2D eigenvalue weighted by atomic mass is 35.5. The predicted octanol–water partition coefficient (Wildman–Crippen LogP) is 1.86. The highest BCUT2D eigenvalue weighted by Gasteiger charge is 2.38. The summed E-state index contributed by atoms with van der Waals surface area (Å²) in [5.41, 5.74) is 0.326. The van der Waals surface area contributed by atoms with Crippen molar-refractivity contribution in [2.45, 2.75) is 24.6 Å². The summed E-state index contributed by atoms with van der Waals surface area (Å²) in [6, 6.07) is 2.63. The van der Waals surface area contributed by atoms with E-state index in [4.69, 9.17) is 16.7 Å². The van der Waals surface area contributed by atoms with Crippen LogP contribution in [0.5, 0.6) is 0 Å². The van der Waals surface area contributed by atoms with Gasteiger partial charge in [0.1, 0.15) is 11.9 Å². The fourth-order valence-electron chi connectivity index (χ4n) is 2.24. The first-order valence-electron chi connectivity index (χ1n) is 5.97. The highest BCUT2D eigenvalue weighted by Crippen LogP contribution is 2.25. The van der Waals surface area contributed by atoms with Crippen molar-refractivity contribution >= 4 is 27.6 Å². The van der Waals surface area contributed by atoms with Gasteiger partial charge in [0.2, 0.25) is 10.0 Å². The number of carboxylic acid groups (broad SMARTS) is 1. The van der Waals surface area contributed by atoms with Crippen LogP contribution < -0.4 is 0 Å². The second-order valence-electron chi connectivity index (χ2n) is 4.61. The predicted molar refractivity (Wildman–Crippen MR) is 71.4 cm³/mol. The van der Waals surface area contributed by atoms with Crippen LogP contribution in [0.25, 0.3) is 0 Å². The summed E-state index contributed by atoms with van der Waals surface area (Å²) in [6.45, 7) is 0.189. The lowest BCUT2D eigenvalue weighted by Crippen LogP contribution is -2.40. The molecule has 2 rings (SSSR count). The SMILES string of the molecule is O=C(O)C1CCCN1S(=O)(=O)Cc1ccc(F)c(Cl)c1. The number of halogens is 2. The molecule has 0 spiro atoms. The van der Waals surface area contributed by atoms with E-state index in [0.717, 1.165) is 10.4 Å². The molecule has 8 heteroatoms. The minimum Gasteiger partial charge on any atom is -0.480 e. The Hall–Kier alpha value is -1.18. The first kappa shape index (κ1) is 15.2. The van der Waals surface area contributed by atoms with Crippen LogP contribution in [0.2, 0.25) is 5.02 Å². The first-order valence-corrected chi connectivity index (χ1v) is 7.96. The van der Waals surface area contributed by atoms with Crippen molar-refractivity contribution in [2.24, 2.45) is 0 Å². The maximum atomic E-state index is 13.0. The molecule has 1 unspecified atom stereocenters. The monoisotopic (exact) mass is 321 g/mol. The lowest BCUT2D eigenvalue weighted by molar-refractivity contribution is -0.140. The van der Waals surface area contributed by atoms with Crippen LogP contribution in [-0.4, -0.2) is 36.4 Å².